The predicted molar refractivity (Wildman–Crippen MR) is 147 cm³/mol. The number of nitrogens with one attached hydrogen (secondary N) is 2. The van der Waals surface area contributed by atoms with Gasteiger partial charge in [0.1, 0.15) is 0 Å². The molecule has 0 spiro atoms. The zero-order valence-corrected chi connectivity index (χ0v) is 21.7. The minimum absolute atomic E-state index is 0.130. The first-order valence-corrected chi connectivity index (χ1v) is 13.1. The number of rotatable bonds is 9. The topological polar surface area (TPSA) is 146 Å². The molecule has 0 bridgehead atoms. The van der Waals surface area contributed by atoms with E-state index >= 15 is 0 Å². The molecule has 0 aliphatic heterocycles. The minimum Gasteiger partial charge on any atom is -0.478 e. The van der Waals surface area contributed by atoms with Gasteiger partial charge in [-0.05, 0) is 48.5 Å². The Labute approximate surface area is 229 Å². The van der Waals surface area contributed by atoms with Crippen molar-refractivity contribution in [3.05, 3.63) is 93.8 Å². The van der Waals surface area contributed by atoms with Crippen LogP contribution in [0.15, 0.2) is 77.0 Å². The summed E-state index contributed by atoms with van der Waals surface area (Å²) in [6, 6.07) is 17.2. The first-order valence-electron chi connectivity index (χ1n) is 10.9. The summed E-state index contributed by atoms with van der Waals surface area (Å²) < 4.78 is 0. The van der Waals surface area contributed by atoms with E-state index in [0.717, 1.165) is 28.7 Å². The Morgan fingerprint density at radius 1 is 0.895 bits per heavy atom. The summed E-state index contributed by atoms with van der Waals surface area (Å²) in [6.45, 7) is 0. The number of benzene rings is 3. The Morgan fingerprint density at radius 3 is 2.32 bits per heavy atom. The third-order valence-corrected chi connectivity index (χ3v) is 7.22. The number of halogens is 1. The number of hydrogen-bond acceptors (Lipinski definition) is 7. The number of carboxylic acids is 2. The SMILES string of the molecule is O=C(CSc1ccc(NC(=O)c2ccc(C(=O)O)cc2C(=O)O)cc1)Nc1nc(-c2ccccc2Cl)cs1. The van der Waals surface area contributed by atoms with E-state index in [1.165, 1.54) is 23.1 Å². The summed E-state index contributed by atoms with van der Waals surface area (Å²) in [4.78, 5) is 52.8. The van der Waals surface area contributed by atoms with E-state index in [9.17, 15) is 24.3 Å². The van der Waals surface area contributed by atoms with Crippen molar-refractivity contribution in [2.45, 2.75) is 4.90 Å². The zero-order valence-electron chi connectivity index (χ0n) is 19.3. The Morgan fingerprint density at radius 2 is 1.63 bits per heavy atom. The highest BCUT2D eigenvalue weighted by Crippen LogP contribution is 2.30. The standard InChI is InChI=1S/C26H18ClN3O6S2/c27-20-4-2-1-3-18(20)21-12-38-26(29-21)30-22(31)13-37-16-8-6-15(7-9-16)28-23(32)17-10-5-14(24(33)34)11-19(17)25(35)36/h1-12H,13H2,(H,28,32)(H,33,34)(H,35,36)(H,29,30,31). The first-order chi connectivity index (χ1) is 18.2. The van der Waals surface area contributed by atoms with Gasteiger partial charge >= 0.3 is 11.9 Å². The van der Waals surface area contributed by atoms with Crippen LogP contribution in [0.1, 0.15) is 31.1 Å². The van der Waals surface area contributed by atoms with Crippen LogP contribution in [0.25, 0.3) is 11.3 Å². The number of aromatic nitrogens is 1. The quantitative estimate of drug-likeness (QED) is 0.184. The van der Waals surface area contributed by atoms with Gasteiger partial charge in [-0.2, -0.15) is 0 Å². The van der Waals surface area contributed by atoms with E-state index in [1.807, 2.05) is 23.6 Å². The van der Waals surface area contributed by atoms with Crippen molar-refractivity contribution in [1.82, 2.24) is 4.98 Å². The van der Waals surface area contributed by atoms with E-state index in [1.54, 1.807) is 30.3 Å². The number of carbonyl (C=O) groups is 4. The summed E-state index contributed by atoms with van der Waals surface area (Å²) in [5.74, 6) is -3.52. The van der Waals surface area contributed by atoms with E-state index in [2.05, 4.69) is 15.6 Å². The number of amides is 2. The van der Waals surface area contributed by atoms with Crippen molar-refractivity contribution >= 4 is 69.3 Å². The fourth-order valence-electron chi connectivity index (χ4n) is 3.31. The monoisotopic (exact) mass is 567 g/mol. The number of thiazole rings is 1. The average molecular weight is 568 g/mol. The lowest BCUT2D eigenvalue weighted by Crippen LogP contribution is -2.17. The van der Waals surface area contributed by atoms with Gasteiger partial charge in [0.15, 0.2) is 5.13 Å². The smallest absolute Gasteiger partial charge is 0.336 e. The van der Waals surface area contributed by atoms with Crippen LogP contribution in [0.5, 0.6) is 0 Å². The molecular weight excluding hydrogens is 550 g/mol. The molecule has 0 fully saturated rings. The number of nitrogens with zero attached hydrogens (tertiary/aromatic N) is 1. The maximum Gasteiger partial charge on any atom is 0.336 e. The van der Waals surface area contributed by atoms with Crippen molar-refractivity contribution in [3.63, 3.8) is 0 Å². The predicted octanol–water partition coefficient (Wildman–Crippen LogP) is 5.84. The van der Waals surface area contributed by atoms with Crippen LogP contribution in [-0.4, -0.2) is 44.7 Å². The second kappa shape index (κ2) is 11.9. The summed E-state index contributed by atoms with van der Waals surface area (Å²) in [6.07, 6.45) is 0. The van der Waals surface area contributed by atoms with Crippen molar-refractivity contribution < 1.29 is 29.4 Å². The average Bonchev–Trinajstić information content (AvgIpc) is 3.36. The van der Waals surface area contributed by atoms with Gasteiger partial charge in [-0.3, -0.25) is 9.59 Å². The van der Waals surface area contributed by atoms with E-state index in [0.29, 0.717) is 21.5 Å². The van der Waals surface area contributed by atoms with Crippen LogP contribution < -0.4 is 10.6 Å². The minimum atomic E-state index is -1.42. The van der Waals surface area contributed by atoms with Crippen LogP contribution in [0.3, 0.4) is 0 Å². The molecule has 192 valence electrons. The summed E-state index contributed by atoms with van der Waals surface area (Å²) in [5.41, 5.74) is 1.04. The second-order valence-corrected chi connectivity index (χ2v) is 10.0. The van der Waals surface area contributed by atoms with Gasteiger partial charge in [0.05, 0.1) is 28.1 Å². The van der Waals surface area contributed by atoms with E-state index in [-0.39, 0.29) is 22.8 Å². The normalized spacial score (nSPS) is 10.6. The van der Waals surface area contributed by atoms with Gasteiger partial charge < -0.3 is 20.8 Å². The van der Waals surface area contributed by atoms with Gasteiger partial charge in [-0.1, -0.05) is 29.8 Å². The number of carboxylic acid groups (broad SMARTS) is 2. The lowest BCUT2D eigenvalue weighted by molar-refractivity contribution is -0.113. The maximum absolute atomic E-state index is 12.6. The molecule has 3 aromatic carbocycles. The van der Waals surface area contributed by atoms with Crippen molar-refractivity contribution in [2.75, 3.05) is 16.4 Å². The Bertz CT molecular complexity index is 1540. The molecule has 4 N–H and O–H groups in total. The fraction of sp³-hybridized carbons (Fsp3) is 0.0385. The third-order valence-electron chi connectivity index (χ3n) is 5.12. The van der Waals surface area contributed by atoms with Gasteiger partial charge in [-0.25, -0.2) is 14.6 Å². The molecule has 0 saturated carbocycles. The largest absolute Gasteiger partial charge is 0.478 e. The molecule has 0 atom stereocenters. The molecule has 0 aliphatic carbocycles. The molecule has 4 aromatic rings. The first kappa shape index (κ1) is 26.9. The summed E-state index contributed by atoms with van der Waals surface area (Å²) in [5, 5.41) is 26.6. The molecule has 4 rings (SSSR count). The highest BCUT2D eigenvalue weighted by Gasteiger charge is 2.19. The van der Waals surface area contributed by atoms with Crippen LogP contribution in [0.2, 0.25) is 5.02 Å². The lowest BCUT2D eigenvalue weighted by atomic mass is 10.0. The lowest BCUT2D eigenvalue weighted by Gasteiger charge is -2.09. The number of anilines is 2. The fourth-order valence-corrected chi connectivity index (χ4v) is 4.97. The van der Waals surface area contributed by atoms with Crippen molar-refractivity contribution in [1.29, 1.82) is 0 Å². The number of aromatic carboxylic acids is 2. The number of carbonyl (C=O) groups excluding carboxylic acids is 2. The number of hydrogen-bond donors (Lipinski definition) is 4. The Hall–Kier alpha value is -4.19. The molecule has 12 heteroatoms. The number of thioether (sulfide) groups is 1. The molecular formula is C26H18ClN3O6S2. The molecule has 9 nitrogen and oxygen atoms in total. The molecule has 2 amide bonds. The molecule has 0 unspecified atom stereocenters. The van der Waals surface area contributed by atoms with Crippen molar-refractivity contribution in [2.24, 2.45) is 0 Å². The molecule has 1 aromatic heterocycles. The van der Waals surface area contributed by atoms with Crippen LogP contribution in [0, 0.1) is 0 Å². The Balaban J connectivity index is 1.32. The van der Waals surface area contributed by atoms with Crippen LogP contribution in [0.4, 0.5) is 10.8 Å². The third kappa shape index (κ3) is 6.57. The van der Waals surface area contributed by atoms with E-state index < -0.39 is 23.4 Å². The Kier molecular flexibility index (Phi) is 8.41. The molecule has 0 saturated heterocycles. The van der Waals surface area contributed by atoms with Gasteiger partial charge in [-0.15, -0.1) is 23.1 Å². The molecule has 38 heavy (non-hydrogen) atoms. The highest BCUT2D eigenvalue weighted by molar-refractivity contribution is 8.00. The van der Waals surface area contributed by atoms with Gasteiger partial charge in [0.25, 0.3) is 5.91 Å². The van der Waals surface area contributed by atoms with Gasteiger partial charge in [0.2, 0.25) is 5.91 Å². The van der Waals surface area contributed by atoms with Gasteiger partial charge in [0, 0.05) is 26.5 Å². The van der Waals surface area contributed by atoms with Crippen LogP contribution in [-0.2, 0) is 4.79 Å². The van der Waals surface area contributed by atoms with E-state index in [4.69, 9.17) is 16.7 Å². The maximum atomic E-state index is 12.6. The van der Waals surface area contributed by atoms with Crippen molar-refractivity contribution in [3.8, 4) is 11.3 Å². The molecule has 1 heterocycles. The summed E-state index contributed by atoms with van der Waals surface area (Å²) in [7, 11) is 0. The van der Waals surface area contributed by atoms with Crippen LogP contribution >= 0.6 is 34.7 Å². The highest BCUT2D eigenvalue weighted by atomic mass is 35.5. The molecule has 0 radical (unpaired) electrons. The second-order valence-electron chi connectivity index (χ2n) is 7.70. The summed E-state index contributed by atoms with van der Waals surface area (Å²) >= 11 is 8.79. The zero-order chi connectivity index (χ0) is 27.2. The molecule has 0 aliphatic rings.